The van der Waals surface area contributed by atoms with Gasteiger partial charge in [-0.1, -0.05) is 19.1 Å². The lowest BCUT2D eigenvalue weighted by molar-refractivity contribution is 0.416. The molecule has 3 nitrogen and oxygen atoms in total. The summed E-state index contributed by atoms with van der Waals surface area (Å²) >= 11 is 0. The molecule has 0 atom stereocenters. The molecule has 0 fully saturated rings. The molecule has 0 aromatic heterocycles. The van der Waals surface area contributed by atoms with E-state index in [0.717, 1.165) is 12.1 Å². The highest BCUT2D eigenvalue weighted by Gasteiger charge is 2.08. The largest absolute Gasteiger partial charge is 0.495 e. The number of methoxy groups -OCH3 is 1. The summed E-state index contributed by atoms with van der Waals surface area (Å²) in [5.74, 6) is 0.261. The third-order valence-corrected chi connectivity index (χ3v) is 2.99. The van der Waals surface area contributed by atoms with Gasteiger partial charge in [0.25, 0.3) is 0 Å². The molecule has 0 aliphatic rings. The van der Waals surface area contributed by atoms with E-state index in [1.807, 2.05) is 18.2 Å². The SMILES string of the molecule is CCc1ccc(OC)c(Nc2cccc(F)c2N)c1. The van der Waals surface area contributed by atoms with Crippen molar-refractivity contribution >= 4 is 17.1 Å². The van der Waals surface area contributed by atoms with Crippen molar-refractivity contribution in [1.82, 2.24) is 0 Å². The Balaban J connectivity index is 2.39. The first-order valence-electron chi connectivity index (χ1n) is 6.13. The normalized spacial score (nSPS) is 10.3. The minimum atomic E-state index is -0.435. The quantitative estimate of drug-likeness (QED) is 0.823. The number of nitrogens with two attached hydrogens (primary N) is 1. The molecule has 0 bridgehead atoms. The molecule has 0 unspecified atom stereocenters. The van der Waals surface area contributed by atoms with Crippen LogP contribution in [0.15, 0.2) is 36.4 Å². The third kappa shape index (κ3) is 2.78. The zero-order valence-corrected chi connectivity index (χ0v) is 11.0. The van der Waals surface area contributed by atoms with Crippen LogP contribution in [-0.2, 0) is 6.42 Å². The summed E-state index contributed by atoms with van der Waals surface area (Å²) in [5.41, 5.74) is 8.29. The van der Waals surface area contributed by atoms with Crippen molar-refractivity contribution in [2.45, 2.75) is 13.3 Å². The maximum Gasteiger partial charge on any atom is 0.148 e. The van der Waals surface area contributed by atoms with Gasteiger partial charge in [-0.2, -0.15) is 0 Å². The highest BCUT2D eigenvalue weighted by Crippen LogP contribution is 2.32. The zero-order valence-electron chi connectivity index (χ0n) is 11.0. The van der Waals surface area contributed by atoms with Crippen molar-refractivity contribution in [3.8, 4) is 5.75 Å². The Kier molecular flexibility index (Phi) is 3.90. The zero-order chi connectivity index (χ0) is 13.8. The maximum atomic E-state index is 13.4. The first-order valence-corrected chi connectivity index (χ1v) is 6.13. The molecule has 0 aliphatic heterocycles. The van der Waals surface area contributed by atoms with Crippen molar-refractivity contribution in [3.05, 3.63) is 47.8 Å². The van der Waals surface area contributed by atoms with Crippen LogP contribution in [-0.4, -0.2) is 7.11 Å². The molecule has 0 amide bonds. The van der Waals surface area contributed by atoms with Gasteiger partial charge in [0.1, 0.15) is 11.6 Å². The molecule has 0 heterocycles. The number of nitrogens with one attached hydrogen (secondary N) is 1. The lowest BCUT2D eigenvalue weighted by Gasteiger charge is -2.14. The molecule has 100 valence electrons. The lowest BCUT2D eigenvalue weighted by Crippen LogP contribution is -2.01. The number of halogens is 1. The van der Waals surface area contributed by atoms with Gasteiger partial charge in [0.2, 0.25) is 0 Å². The van der Waals surface area contributed by atoms with Gasteiger partial charge in [0.05, 0.1) is 24.2 Å². The standard InChI is InChI=1S/C15H17FN2O/c1-3-10-7-8-14(19-2)13(9-10)18-12-6-4-5-11(16)15(12)17/h4-9,18H,3,17H2,1-2H3. The number of rotatable bonds is 4. The van der Waals surface area contributed by atoms with Crippen LogP contribution in [0.4, 0.5) is 21.5 Å². The maximum absolute atomic E-state index is 13.4. The Bertz CT molecular complexity index is 584. The molecule has 4 heteroatoms. The Morgan fingerprint density at radius 3 is 2.68 bits per heavy atom. The lowest BCUT2D eigenvalue weighted by atomic mass is 10.1. The number of hydrogen-bond acceptors (Lipinski definition) is 3. The number of para-hydroxylation sites is 1. The van der Waals surface area contributed by atoms with Crippen LogP contribution in [0.3, 0.4) is 0 Å². The van der Waals surface area contributed by atoms with Crippen molar-refractivity contribution in [3.63, 3.8) is 0 Å². The second-order valence-corrected chi connectivity index (χ2v) is 4.21. The average molecular weight is 260 g/mol. The van der Waals surface area contributed by atoms with Crippen molar-refractivity contribution in [2.24, 2.45) is 0 Å². The van der Waals surface area contributed by atoms with Gasteiger partial charge < -0.3 is 15.8 Å². The molecule has 0 aliphatic carbocycles. The highest BCUT2D eigenvalue weighted by atomic mass is 19.1. The van der Waals surface area contributed by atoms with E-state index in [2.05, 4.69) is 12.2 Å². The minimum absolute atomic E-state index is 0.103. The number of nitrogen functional groups attached to an aromatic ring is 1. The van der Waals surface area contributed by atoms with Gasteiger partial charge in [-0.25, -0.2) is 4.39 Å². The minimum Gasteiger partial charge on any atom is -0.495 e. The number of anilines is 3. The first-order chi connectivity index (χ1) is 9.15. The predicted octanol–water partition coefficient (Wildman–Crippen LogP) is 3.72. The van der Waals surface area contributed by atoms with Gasteiger partial charge in [-0.05, 0) is 36.2 Å². The molecule has 0 spiro atoms. The molecular weight excluding hydrogens is 243 g/mol. The number of benzene rings is 2. The molecule has 0 saturated heterocycles. The summed E-state index contributed by atoms with van der Waals surface area (Å²) in [5, 5.41) is 3.12. The molecule has 19 heavy (non-hydrogen) atoms. The third-order valence-electron chi connectivity index (χ3n) is 2.99. The van der Waals surface area contributed by atoms with Crippen LogP contribution in [0.5, 0.6) is 5.75 Å². The van der Waals surface area contributed by atoms with E-state index in [1.54, 1.807) is 19.2 Å². The van der Waals surface area contributed by atoms with E-state index >= 15 is 0 Å². The summed E-state index contributed by atoms with van der Waals surface area (Å²) in [6.45, 7) is 2.07. The van der Waals surface area contributed by atoms with Crippen LogP contribution in [0, 0.1) is 5.82 Å². The van der Waals surface area contributed by atoms with Crippen molar-refractivity contribution in [2.75, 3.05) is 18.2 Å². The fourth-order valence-electron chi connectivity index (χ4n) is 1.86. The molecule has 3 N–H and O–H groups in total. The first kappa shape index (κ1) is 13.2. The van der Waals surface area contributed by atoms with Crippen LogP contribution < -0.4 is 15.8 Å². The van der Waals surface area contributed by atoms with Crippen molar-refractivity contribution < 1.29 is 9.13 Å². The second kappa shape index (κ2) is 5.61. The monoisotopic (exact) mass is 260 g/mol. The summed E-state index contributed by atoms with van der Waals surface area (Å²) in [7, 11) is 1.60. The molecule has 2 aromatic rings. The van der Waals surface area contributed by atoms with Crippen LogP contribution in [0.25, 0.3) is 0 Å². The van der Waals surface area contributed by atoms with Crippen LogP contribution >= 0.6 is 0 Å². The molecule has 2 aromatic carbocycles. The Morgan fingerprint density at radius 1 is 1.21 bits per heavy atom. The molecule has 0 saturated carbocycles. The Hall–Kier alpha value is -2.23. The summed E-state index contributed by atoms with van der Waals surface area (Å²) in [4.78, 5) is 0. The summed E-state index contributed by atoms with van der Waals surface area (Å²) in [6, 6.07) is 10.5. The van der Waals surface area contributed by atoms with E-state index in [4.69, 9.17) is 10.5 Å². The Morgan fingerprint density at radius 2 is 2.00 bits per heavy atom. The van der Waals surface area contributed by atoms with E-state index in [1.165, 1.54) is 11.6 Å². The fourth-order valence-corrected chi connectivity index (χ4v) is 1.86. The molecule has 0 radical (unpaired) electrons. The fraction of sp³-hybridized carbons (Fsp3) is 0.200. The summed E-state index contributed by atoms with van der Waals surface area (Å²) in [6.07, 6.45) is 0.914. The number of aryl methyl sites for hydroxylation is 1. The molecule has 2 rings (SSSR count). The van der Waals surface area contributed by atoms with Gasteiger partial charge in [-0.15, -0.1) is 0 Å². The van der Waals surface area contributed by atoms with E-state index in [0.29, 0.717) is 11.4 Å². The van der Waals surface area contributed by atoms with Crippen LogP contribution in [0.2, 0.25) is 0 Å². The smallest absolute Gasteiger partial charge is 0.148 e. The number of ether oxygens (including phenoxy) is 1. The number of hydrogen-bond donors (Lipinski definition) is 2. The van der Waals surface area contributed by atoms with Crippen molar-refractivity contribution in [1.29, 1.82) is 0 Å². The van der Waals surface area contributed by atoms with E-state index in [9.17, 15) is 4.39 Å². The molecular formula is C15H17FN2O. The summed E-state index contributed by atoms with van der Waals surface area (Å²) < 4.78 is 18.7. The van der Waals surface area contributed by atoms with E-state index in [-0.39, 0.29) is 5.69 Å². The Labute approximate surface area is 112 Å². The van der Waals surface area contributed by atoms with E-state index < -0.39 is 5.82 Å². The van der Waals surface area contributed by atoms with Crippen LogP contribution in [0.1, 0.15) is 12.5 Å². The van der Waals surface area contributed by atoms with Gasteiger partial charge in [0.15, 0.2) is 0 Å². The van der Waals surface area contributed by atoms with Gasteiger partial charge >= 0.3 is 0 Å². The average Bonchev–Trinajstić information content (AvgIpc) is 2.43. The van der Waals surface area contributed by atoms with Gasteiger partial charge in [0, 0.05) is 0 Å². The highest BCUT2D eigenvalue weighted by molar-refractivity contribution is 5.75. The van der Waals surface area contributed by atoms with Gasteiger partial charge in [-0.3, -0.25) is 0 Å². The predicted molar refractivity (Wildman–Crippen MR) is 76.5 cm³/mol. The topological polar surface area (TPSA) is 47.3 Å². The second-order valence-electron chi connectivity index (χ2n) is 4.21.